The van der Waals surface area contributed by atoms with Crippen molar-refractivity contribution in [2.24, 2.45) is 10.4 Å². The van der Waals surface area contributed by atoms with Gasteiger partial charge in [0.1, 0.15) is 5.75 Å². The molecule has 0 bridgehead atoms. The molecule has 1 amide bonds. The molecule has 2 aromatic rings. The van der Waals surface area contributed by atoms with E-state index in [4.69, 9.17) is 0 Å². The van der Waals surface area contributed by atoms with E-state index in [1.54, 1.807) is 0 Å². The molecule has 27 heavy (non-hydrogen) atoms. The fourth-order valence-electron chi connectivity index (χ4n) is 2.75. The zero-order valence-corrected chi connectivity index (χ0v) is 14.9. The van der Waals surface area contributed by atoms with Gasteiger partial charge in [0.25, 0.3) is 5.91 Å². The molecule has 3 rings (SSSR count). The fourth-order valence-corrected chi connectivity index (χ4v) is 2.75. The standard InChI is InChI=1S/C19H18FN5O2/c1-19(2)9-23-18(24-10-19)25-17(27)16-13(26)4-3-12(8-21)15(16)11-5-6-22-14(20)7-11/h3-7,26H,9-10H2,1-2H3,(H2,23,24,25,27). The van der Waals surface area contributed by atoms with Crippen molar-refractivity contribution in [2.75, 3.05) is 13.1 Å². The molecule has 0 aliphatic carbocycles. The molecule has 8 heteroatoms. The summed E-state index contributed by atoms with van der Waals surface area (Å²) in [5, 5.41) is 25.3. The van der Waals surface area contributed by atoms with E-state index in [9.17, 15) is 19.6 Å². The van der Waals surface area contributed by atoms with Crippen LogP contribution < -0.4 is 10.6 Å². The van der Waals surface area contributed by atoms with Crippen LogP contribution in [0.2, 0.25) is 0 Å². The summed E-state index contributed by atoms with van der Waals surface area (Å²) in [7, 11) is 0. The van der Waals surface area contributed by atoms with Crippen molar-refractivity contribution in [3.05, 3.63) is 47.5 Å². The van der Waals surface area contributed by atoms with Gasteiger partial charge in [-0.2, -0.15) is 9.65 Å². The van der Waals surface area contributed by atoms with Crippen molar-refractivity contribution in [1.29, 1.82) is 5.26 Å². The number of carbonyl (C=O) groups excluding carboxylic acids is 1. The van der Waals surface area contributed by atoms with E-state index >= 15 is 0 Å². The van der Waals surface area contributed by atoms with Crippen molar-refractivity contribution in [1.82, 2.24) is 15.6 Å². The number of nitriles is 1. The average molecular weight is 367 g/mol. The first-order valence-corrected chi connectivity index (χ1v) is 8.28. The van der Waals surface area contributed by atoms with Crippen LogP contribution in [0.25, 0.3) is 11.1 Å². The molecule has 1 aliphatic rings. The molecule has 3 N–H and O–H groups in total. The number of amides is 1. The van der Waals surface area contributed by atoms with Crippen molar-refractivity contribution in [3.63, 3.8) is 0 Å². The molecule has 1 aromatic carbocycles. The minimum Gasteiger partial charge on any atom is -0.507 e. The Bertz CT molecular complexity index is 979. The second kappa shape index (κ2) is 7.03. The van der Waals surface area contributed by atoms with Crippen molar-refractivity contribution < 1.29 is 14.3 Å². The summed E-state index contributed by atoms with van der Waals surface area (Å²) in [6.07, 6.45) is 1.23. The van der Waals surface area contributed by atoms with E-state index in [1.807, 2.05) is 19.9 Å². The number of aromatic hydroxyl groups is 1. The van der Waals surface area contributed by atoms with E-state index in [0.29, 0.717) is 13.1 Å². The first-order valence-electron chi connectivity index (χ1n) is 8.28. The lowest BCUT2D eigenvalue weighted by Crippen LogP contribution is -2.49. The van der Waals surface area contributed by atoms with Crippen LogP contribution in [0.4, 0.5) is 4.39 Å². The lowest BCUT2D eigenvalue weighted by molar-refractivity contribution is 0.0972. The number of halogens is 1. The Kier molecular flexibility index (Phi) is 4.77. The van der Waals surface area contributed by atoms with Crippen LogP contribution in [0.5, 0.6) is 5.75 Å². The molecule has 1 aliphatic heterocycles. The van der Waals surface area contributed by atoms with Gasteiger partial charge in [0.2, 0.25) is 5.95 Å². The number of rotatable bonds is 2. The van der Waals surface area contributed by atoms with Gasteiger partial charge < -0.3 is 10.4 Å². The van der Waals surface area contributed by atoms with E-state index in [0.717, 1.165) is 6.07 Å². The largest absolute Gasteiger partial charge is 0.507 e. The predicted octanol–water partition coefficient (Wildman–Crippen LogP) is 2.18. The van der Waals surface area contributed by atoms with Crippen molar-refractivity contribution >= 4 is 11.9 Å². The normalized spacial score (nSPS) is 15.3. The molecule has 0 saturated carbocycles. The maximum absolute atomic E-state index is 13.6. The third kappa shape index (κ3) is 3.87. The summed E-state index contributed by atoms with van der Waals surface area (Å²) in [6.45, 7) is 5.24. The van der Waals surface area contributed by atoms with Gasteiger partial charge >= 0.3 is 0 Å². The lowest BCUT2D eigenvalue weighted by Gasteiger charge is -2.29. The van der Waals surface area contributed by atoms with Gasteiger partial charge in [-0.25, -0.2) is 4.98 Å². The smallest absolute Gasteiger partial charge is 0.262 e. The molecule has 2 heterocycles. The Hall–Kier alpha value is -3.47. The van der Waals surface area contributed by atoms with Crippen LogP contribution in [-0.2, 0) is 0 Å². The molecule has 0 radical (unpaired) electrons. The van der Waals surface area contributed by atoms with Gasteiger partial charge in [-0.05, 0) is 23.8 Å². The number of benzene rings is 1. The molecule has 7 nitrogen and oxygen atoms in total. The number of nitrogens with zero attached hydrogens (tertiary/aromatic N) is 3. The summed E-state index contributed by atoms with van der Waals surface area (Å²) < 4.78 is 13.6. The number of phenolic OH excluding ortho intramolecular Hbond substituents is 1. The van der Waals surface area contributed by atoms with Gasteiger partial charge in [0, 0.05) is 36.3 Å². The topological polar surface area (TPSA) is 110 Å². The maximum atomic E-state index is 13.6. The van der Waals surface area contributed by atoms with E-state index < -0.39 is 11.9 Å². The zero-order valence-electron chi connectivity index (χ0n) is 14.9. The highest BCUT2D eigenvalue weighted by atomic mass is 19.1. The Morgan fingerprint density at radius 1 is 1.41 bits per heavy atom. The monoisotopic (exact) mass is 367 g/mol. The molecule has 138 valence electrons. The highest BCUT2D eigenvalue weighted by Gasteiger charge is 2.26. The van der Waals surface area contributed by atoms with E-state index in [2.05, 4.69) is 20.6 Å². The number of hydrogen-bond donors (Lipinski definition) is 3. The first kappa shape index (κ1) is 18.3. The van der Waals surface area contributed by atoms with Crippen LogP contribution in [0.3, 0.4) is 0 Å². The summed E-state index contributed by atoms with van der Waals surface area (Å²) in [6, 6.07) is 7.17. The fraction of sp³-hybridized carbons (Fsp3) is 0.263. The quantitative estimate of drug-likeness (QED) is 0.705. The minimum atomic E-state index is -0.758. The number of aromatic nitrogens is 1. The van der Waals surface area contributed by atoms with Crippen LogP contribution >= 0.6 is 0 Å². The zero-order chi connectivity index (χ0) is 19.6. The number of guanidine groups is 1. The molecular weight excluding hydrogens is 349 g/mol. The average Bonchev–Trinajstić information content (AvgIpc) is 2.63. The summed E-state index contributed by atoms with van der Waals surface area (Å²) in [5.74, 6) is -1.45. The van der Waals surface area contributed by atoms with Crippen LogP contribution in [0.15, 0.2) is 35.5 Å². The highest BCUT2D eigenvalue weighted by molar-refractivity contribution is 6.11. The Morgan fingerprint density at radius 3 is 2.81 bits per heavy atom. The van der Waals surface area contributed by atoms with Crippen LogP contribution in [0.1, 0.15) is 29.8 Å². The molecular formula is C19H18FN5O2. The SMILES string of the molecule is CC1(C)CN=C(NC(=O)c2c(O)ccc(C#N)c2-c2ccnc(F)c2)NC1. The molecule has 0 unspecified atom stereocenters. The third-order valence-electron chi connectivity index (χ3n) is 4.18. The lowest BCUT2D eigenvalue weighted by atomic mass is 9.93. The van der Waals surface area contributed by atoms with Crippen LogP contribution in [-0.4, -0.2) is 35.0 Å². The molecule has 0 atom stereocenters. The van der Waals surface area contributed by atoms with Crippen molar-refractivity contribution in [3.8, 4) is 22.9 Å². The summed E-state index contributed by atoms with van der Waals surface area (Å²) in [4.78, 5) is 20.6. The maximum Gasteiger partial charge on any atom is 0.262 e. The van der Waals surface area contributed by atoms with Gasteiger partial charge in [-0.3, -0.25) is 15.1 Å². The van der Waals surface area contributed by atoms with Gasteiger partial charge in [0.05, 0.1) is 17.2 Å². The predicted molar refractivity (Wildman–Crippen MR) is 97.6 cm³/mol. The molecule has 0 spiro atoms. The van der Waals surface area contributed by atoms with Gasteiger partial charge in [-0.15, -0.1) is 0 Å². The van der Waals surface area contributed by atoms with Gasteiger partial charge in [0.15, 0.2) is 5.96 Å². The second-order valence-corrected chi connectivity index (χ2v) is 7.00. The molecule has 0 saturated heterocycles. The Morgan fingerprint density at radius 2 is 2.19 bits per heavy atom. The number of pyridine rings is 1. The molecule has 1 aromatic heterocycles. The number of hydrogen-bond acceptors (Lipinski definition) is 6. The van der Waals surface area contributed by atoms with Crippen molar-refractivity contribution in [2.45, 2.75) is 13.8 Å². The van der Waals surface area contributed by atoms with E-state index in [-0.39, 0.29) is 39.4 Å². The number of aliphatic imine (C=N–C) groups is 1. The van der Waals surface area contributed by atoms with Crippen LogP contribution in [0, 0.1) is 22.7 Å². The number of phenols is 1. The Balaban J connectivity index is 2.04. The highest BCUT2D eigenvalue weighted by Crippen LogP contribution is 2.33. The first-order chi connectivity index (χ1) is 12.8. The van der Waals surface area contributed by atoms with Gasteiger partial charge in [-0.1, -0.05) is 13.8 Å². The third-order valence-corrected chi connectivity index (χ3v) is 4.18. The minimum absolute atomic E-state index is 0.0309. The molecule has 0 fully saturated rings. The number of carbonyl (C=O) groups is 1. The second-order valence-electron chi connectivity index (χ2n) is 7.00. The van der Waals surface area contributed by atoms with E-state index in [1.165, 1.54) is 24.4 Å². The summed E-state index contributed by atoms with van der Waals surface area (Å²) in [5.41, 5.74) is 0.363. The summed E-state index contributed by atoms with van der Waals surface area (Å²) >= 11 is 0. The Labute approximate surface area is 155 Å². The number of nitrogens with one attached hydrogen (secondary N) is 2.